The van der Waals surface area contributed by atoms with Crippen molar-refractivity contribution in [3.63, 3.8) is 0 Å². The van der Waals surface area contributed by atoms with Gasteiger partial charge in [0.15, 0.2) is 0 Å². The van der Waals surface area contributed by atoms with Crippen LogP contribution < -0.4 is 5.32 Å². The zero-order valence-corrected chi connectivity index (χ0v) is 14.5. The Balaban J connectivity index is 1.69. The van der Waals surface area contributed by atoms with Crippen LogP contribution in [0.1, 0.15) is 19.4 Å². The maximum absolute atomic E-state index is 12.9. The summed E-state index contributed by atoms with van der Waals surface area (Å²) in [7, 11) is 0. The lowest BCUT2D eigenvalue weighted by atomic mass is 10.1. The van der Waals surface area contributed by atoms with Gasteiger partial charge in [-0.2, -0.15) is 0 Å². The van der Waals surface area contributed by atoms with Gasteiger partial charge in [-0.05, 0) is 38.0 Å². The van der Waals surface area contributed by atoms with E-state index in [4.69, 9.17) is 0 Å². The van der Waals surface area contributed by atoms with Crippen LogP contribution in [0.5, 0.6) is 0 Å². The van der Waals surface area contributed by atoms with E-state index in [1.165, 1.54) is 12.1 Å². The molecule has 2 atom stereocenters. The molecule has 0 aromatic heterocycles. The summed E-state index contributed by atoms with van der Waals surface area (Å²) in [4.78, 5) is 16.7. The molecule has 0 aliphatic carbocycles. The number of halogens is 1. The number of β-amino-alcohol motifs (C(OH)–C–C–N with tert-alkyl or cyclic N) is 1. The fraction of sp³-hybridized carbons (Fsp3) is 0.611. The first-order chi connectivity index (χ1) is 11.5. The highest BCUT2D eigenvalue weighted by atomic mass is 19.1. The van der Waals surface area contributed by atoms with Gasteiger partial charge in [0.1, 0.15) is 5.82 Å². The number of hydrogen-bond acceptors (Lipinski definition) is 4. The van der Waals surface area contributed by atoms with Crippen molar-refractivity contribution < 1.29 is 14.3 Å². The maximum Gasteiger partial charge on any atom is 0.237 e. The number of nitrogens with one attached hydrogen (secondary N) is 1. The first kappa shape index (κ1) is 18.8. The summed E-state index contributed by atoms with van der Waals surface area (Å²) >= 11 is 0. The fourth-order valence-electron chi connectivity index (χ4n) is 3.00. The Kier molecular flexibility index (Phi) is 7.15. The molecular weight excluding hydrogens is 309 g/mol. The molecule has 24 heavy (non-hydrogen) atoms. The van der Waals surface area contributed by atoms with E-state index >= 15 is 0 Å². The van der Waals surface area contributed by atoms with Gasteiger partial charge < -0.3 is 10.4 Å². The van der Waals surface area contributed by atoms with Crippen LogP contribution in [0.4, 0.5) is 4.39 Å². The highest BCUT2D eigenvalue weighted by Crippen LogP contribution is 2.08. The largest absolute Gasteiger partial charge is 0.392 e. The summed E-state index contributed by atoms with van der Waals surface area (Å²) in [6.45, 7) is 8.37. The first-order valence-corrected chi connectivity index (χ1v) is 8.62. The van der Waals surface area contributed by atoms with Gasteiger partial charge in [0.25, 0.3) is 0 Å². The van der Waals surface area contributed by atoms with Crippen LogP contribution in [0.25, 0.3) is 0 Å². The van der Waals surface area contributed by atoms with Crippen molar-refractivity contribution in [2.75, 3.05) is 39.3 Å². The van der Waals surface area contributed by atoms with Crippen molar-refractivity contribution >= 4 is 5.91 Å². The average molecular weight is 337 g/mol. The molecule has 0 spiro atoms. The zero-order chi connectivity index (χ0) is 17.5. The summed E-state index contributed by atoms with van der Waals surface area (Å²) in [5.74, 6) is -0.216. The van der Waals surface area contributed by atoms with E-state index in [0.717, 1.165) is 31.7 Å². The fourth-order valence-corrected chi connectivity index (χ4v) is 3.00. The van der Waals surface area contributed by atoms with E-state index in [2.05, 4.69) is 15.1 Å². The standard InChI is InChI=1S/C18H28FN3O2/c1-14(23)13-21-9-11-22(12-10-21)15(2)18(24)20-8-7-16-3-5-17(19)6-4-16/h3-6,14-15,23H,7-13H2,1-2H3,(H,20,24). The summed E-state index contributed by atoms with van der Waals surface area (Å²) in [5, 5.41) is 12.4. The quantitative estimate of drug-likeness (QED) is 0.775. The second-order valence-electron chi connectivity index (χ2n) is 6.53. The van der Waals surface area contributed by atoms with Crippen molar-refractivity contribution in [3.8, 4) is 0 Å². The Morgan fingerprint density at radius 1 is 1.21 bits per heavy atom. The molecular formula is C18H28FN3O2. The van der Waals surface area contributed by atoms with E-state index in [-0.39, 0.29) is 23.9 Å². The van der Waals surface area contributed by atoms with Crippen molar-refractivity contribution in [3.05, 3.63) is 35.6 Å². The summed E-state index contributed by atoms with van der Waals surface area (Å²) in [6, 6.07) is 6.20. The van der Waals surface area contributed by atoms with Gasteiger partial charge in [-0.15, -0.1) is 0 Å². The number of aliphatic hydroxyl groups is 1. The minimum Gasteiger partial charge on any atom is -0.392 e. The zero-order valence-electron chi connectivity index (χ0n) is 14.5. The number of piperazine rings is 1. The van der Waals surface area contributed by atoms with Crippen LogP contribution in [-0.4, -0.2) is 72.2 Å². The predicted molar refractivity (Wildman–Crippen MR) is 92.3 cm³/mol. The van der Waals surface area contributed by atoms with Crippen LogP contribution in [0, 0.1) is 5.82 Å². The molecule has 2 unspecified atom stereocenters. The molecule has 0 saturated carbocycles. The second kappa shape index (κ2) is 9.11. The highest BCUT2D eigenvalue weighted by molar-refractivity contribution is 5.81. The molecule has 1 amide bonds. The molecule has 5 nitrogen and oxygen atoms in total. The van der Waals surface area contributed by atoms with E-state index in [1.54, 1.807) is 19.1 Å². The van der Waals surface area contributed by atoms with Crippen molar-refractivity contribution in [1.82, 2.24) is 15.1 Å². The van der Waals surface area contributed by atoms with Crippen LogP contribution >= 0.6 is 0 Å². The number of aliphatic hydroxyl groups excluding tert-OH is 1. The third-order valence-electron chi connectivity index (χ3n) is 4.48. The van der Waals surface area contributed by atoms with Crippen LogP contribution in [0.15, 0.2) is 24.3 Å². The Labute approximate surface area is 143 Å². The molecule has 1 aromatic rings. The van der Waals surface area contributed by atoms with E-state index in [0.29, 0.717) is 19.5 Å². The lowest BCUT2D eigenvalue weighted by Crippen LogP contribution is -2.54. The SMILES string of the molecule is CC(O)CN1CCN(C(C)C(=O)NCCc2ccc(F)cc2)CC1. The summed E-state index contributed by atoms with van der Waals surface area (Å²) < 4.78 is 12.9. The van der Waals surface area contributed by atoms with Gasteiger partial charge in [-0.1, -0.05) is 12.1 Å². The minimum absolute atomic E-state index is 0.0288. The van der Waals surface area contributed by atoms with Gasteiger partial charge in [0.05, 0.1) is 12.1 Å². The Bertz CT molecular complexity index is 514. The van der Waals surface area contributed by atoms with Crippen molar-refractivity contribution in [2.45, 2.75) is 32.4 Å². The number of benzene rings is 1. The first-order valence-electron chi connectivity index (χ1n) is 8.62. The number of carbonyl (C=O) groups is 1. The molecule has 2 rings (SSSR count). The minimum atomic E-state index is -0.316. The molecule has 1 fully saturated rings. The van der Waals surface area contributed by atoms with E-state index in [9.17, 15) is 14.3 Å². The third-order valence-corrected chi connectivity index (χ3v) is 4.48. The summed E-state index contributed by atoms with van der Waals surface area (Å²) in [5.41, 5.74) is 1.01. The van der Waals surface area contributed by atoms with Gasteiger partial charge in [-0.25, -0.2) is 4.39 Å². The lowest BCUT2D eigenvalue weighted by molar-refractivity contribution is -0.126. The van der Waals surface area contributed by atoms with Gasteiger partial charge in [-0.3, -0.25) is 14.6 Å². The molecule has 6 heteroatoms. The molecule has 1 aliphatic heterocycles. The molecule has 1 heterocycles. The molecule has 1 aliphatic rings. The molecule has 0 bridgehead atoms. The third kappa shape index (κ3) is 5.85. The van der Waals surface area contributed by atoms with Crippen LogP contribution in [-0.2, 0) is 11.2 Å². The van der Waals surface area contributed by atoms with Crippen molar-refractivity contribution in [1.29, 1.82) is 0 Å². The number of rotatable bonds is 7. The van der Waals surface area contributed by atoms with Crippen molar-refractivity contribution in [2.24, 2.45) is 0 Å². The summed E-state index contributed by atoms with van der Waals surface area (Å²) in [6.07, 6.45) is 0.379. The van der Waals surface area contributed by atoms with Crippen LogP contribution in [0.2, 0.25) is 0 Å². The smallest absolute Gasteiger partial charge is 0.237 e. The van der Waals surface area contributed by atoms with Gasteiger partial charge in [0.2, 0.25) is 5.91 Å². The monoisotopic (exact) mass is 337 g/mol. The lowest BCUT2D eigenvalue weighted by Gasteiger charge is -2.37. The van der Waals surface area contributed by atoms with Gasteiger partial charge in [0, 0.05) is 39.3 Å². The topological polar surface area (TPSA) is 55.8 Å². The molecule has 134 valence electrons. The molecule has 1 aromatic carbocycles. The Morgan fingerprint density at radius 3 is 2.42 bits per heavy atom. The molecule has 0 radical (unpaired) electrons. The Hall–Kier alpha value is -1.50. The number of carbonyl (C=O) groups excluding carboxylic acids is 1. The highest BCUT2D eigenvalue weighted by Gasteiger charge is 2.25. The van der Waals surface area contributed by atoms with E-state index < -0.39 is 0 Å². The number of nitrogens with zero attached hydrogens (tertiary/aromatic N) is 2. The van der Waals surface area contributed by atoms with Crippen LogP contribution in [0.3, 0.4) is 0 Å². The predicted octanol–water partition coefficient (Wildman–Crippen LogP) is 0.871. The molecule has 1 saturated heterocycles. The number of hydrogen-bond donors (Lipinski definition) is 2. The Morgan fingerprint density at radius 2 is 1.83 bits per heavy atom. The second-order valence-corrected chi connectivity index (χ2v) is 6.53. The normalized spacial score (nSPS) is 19.0. The average Bonchev–Trinajstić information content (AvgIpc) is 2.56. The maximum atomic E-state index is 12.9. The van der Waals surface area contributed by atoms with Gasteiger partial charge >= 0.3 is 0 Å². The van der Waals surface area contributed by atoms with E-state index in [1.807, 2.05) is 6.92 Å². The number of amides is 1. The molecule has 2 N–H and O–H groups in total.